The minimum atomic E-state index is 0.675. The van der Waals surface area contributed by atoms with Crippen LogP contribution >= 0.6 is 15.9 Å². The molecule has 2 heteroatoms. The Morgan fingerprint density at radius 2 is 2.08 bits per heavy atom. The minimum absolute atomic E-state index is 0.675. The molecule has 1 aromatic heterocycles. The van der Waals surface area contributed by atoms with E-state index in [4.69, 9.17) is 0 Å². The number of nitrogens with one attached hydrogen (secondary N) is 1. The van der Waals surface area contributed by atoms with E-state index in [2.05, 4.69) is 33.0 Å². The predicted octanol–water partition coefficient (Wildman–Crippen LogP) is 3.83. The second-order valence-corrected chi connectivity index (χ2v) is 5.06. The van der Waals surface area contributed by atoms with Crippen LogP contribution in [0, 0.1) is 0 Å². The predicted molar refractivity (Wildman–Crippen MR) is 59.3 cm³/mol. The van der Waals surface area contributed by atoms with E-state index in [1.54, 1.807) is 0 Å². The van der Waals surface area contributed by atoms with Gasteiger partial charge in [0.25, 0.3) is 0 Å². The van der Waals surface area contributed by atoms with Gasteiger partial charge in [-0.3, -0.25) is 0 Å². The average molecular weight is 242 g/mol. The molecule has 2 unspecified atom stereocenters. The number of H-pyrrole nitrogens is 1. The molecule has 0 radical (unpaired) electrons. The molecule has 1 fully saturated rings. The summed E-state index contributed by atoms with van der Waals surface area (Å²) in [5.41, 5.74) is 1.41. The van der Waals surface area contributed by atoms with Gasteiger partial charge in [0.1, 0.15) is 0 Å². The Bertz CT molecular complexity index is 243. The monoisotopic (exact) mass is 241 g/mol. The van der Waals surface area contributed by atoms with Crippen LogP contribution in [0.2, 0.25) is 0 Å². The lowest BCUT2D eigenvalue weighted by molar-refractivity contribution is 0.600. The molecule has 1 aliphatic rings. The summed E-state index contributed by atoms with van der Waals surface area (Å²) < 4.78 is 0. The highest BCUT2D eigenvalue weighted by molar-refractivity contribution is 9.09. The van der Waals surface area contributed by atoms with Crippen LogP contribution in [0.4, 0.5) is 0 Å². The van der Waals surface area contributed by atoms with Crippen LogP contribution in [0.3, 0.4) is 0 Å². The van der Waals surface area contributed by atoms with E-state index in [-0.39, 0.29) is 0 Å². The largest absolute Gasteiger partial charge is 0.365 e. The summed E-state index contributed by atoms with van der Waals surface area (Å²) in [6.45, 7) is 0. The van der Waals surface area contributed by atoms with Gasteiger partial charge in [0.05, 0.1) is 0 Å². The molecule has 1 N–H and O–H groups in total. The van der Waals surface area contributed by atoms with Crippen molar-refractivity contribution in [1.82, 2.24) is 4.98 Å². The molecule has 72 valence electrons. The number of aromatic amines is 1. The SMILES string of the molecule is BrC1CCCCCC1c1ccc[nH]1. The van der Waals surface area contributed by atoms with Crippen molar-refractivity contribution in [3.63, 3.8) is 0 Å². The molecule has 1 aromatic rings. The summed E-state index contributed by atoms with van der Waals surface area (Å²) >= 11 is 3.81. The first-order valence-electron chi connectivity index (χ1n) is 5.15. The van der Waals surface area contributed by atoms with Crippen molar-refractivity contribution in [2.45, 2.75) is 42.8 Å². The Kier molecular flexibility index (Phi) is 3.09. The minimum Gasteiger partial charge on any atom is -0.365 e. The van der Waals surface area contributed by atoms with Crippen LogP contribution < -0.4 is 0 Å². The molecule has 2 atom stereocenters. The molecule has 2 rings (SSSR count). The summed E-state index contributed by atoms with van der Waals surface area (Å²) in [7, 11) is 0. The van der Waals surface area contributed by atoms with E-state index < -0.39 is 0 Å². The van der Waals surface area contributed by atoms with Crippen molar-refractivity contribution < 1.29 is 0 Å². The molecule has 1 nitrogen and oxygen atoms in total. The highest BCUT2D eigenvalue weighted by Gasteiger charge is 2.23. The van der Waals surface area contributed by atoms with Crippen LogP contribution in [-0.4, -0.2) is 9.81 Å². The standard InChI is InChI=1S/C11H16BrN/c12-10-6-3-1-2-5-9(10)11-7-4-8-13-11/h4,7-10,13H,1-3,5-6H2. The first-order valence-corrected chi connectivity index (χ1v) is 6.07. The fourth-order valence-corrected chi connectivity index (χ4v) is 3.06. The fourth-order valence-electron chi connectivity index (χ4n) is 2.19. The Morgan fingerprint density at radius 3 is 2.85 bits per heavy atom. The molecule has 1 aliphatic carbocycles. The quantitative estimate of drug-likeness (QED) is 0.569. The van der Waals surface area contributed by atoms with Crippen molar-refractivity contribution in [3.05, 3.63) is 24.0 Å². The molecule has 0 spiro atoms. The number of rotatable bonds is 1. The molecule has 0 aromatic carbocycles. The Hall–Kier alpha value is -0.240. The lowest BCUT2D eigenvalue weighted by Crippen LogP contribution is -2.10. The van der Waals surface area contributed by atoms with Crippen LogP contribution in [0.5, 0.6) is 0 Å². The van der Waals surface area contributed by atoms with Crippen molar-refractivity contribution >= 4 is 15.9 Å². The maximum atomic E-state index is 3.81. The van der Waals surface area contributed by atoms with E-state index >= 15 is 0 Å². The van der Waals surface area contributed by atoms with Crippen LogP contribution in [0.1, 0.15) is 43.7 Å². The third-order valence-corrected chi connectivity index (χ3v) is 4.05. The van der Waals surface area contributed by atoms with Gasteiger partial charge in [-0.2, -0.15) is 0 Å². The zero-order valence-electron chi connectivity index (χ0n) is 7.80. The zero-order chi connectivity index (χ0) is 9.10. The molecule has 1 saturated carbocycles. The zero-order valence-corrected chi connectivity index (χ0v) is 9.39. The first-order chi connectivity index (χ1) is 6.38. The summed E-state index contributed by atoms with van der Waals surface area (Å²) in [6.07, 6.45) is 8.85. The average Bonchev–Trinajstić information content (AvgIpc) is 2.56. The molecule has 0 aliphatic heterocycles. The van der Waals surface area contributed by atoms with Crippen molar-refractivity contribution in [1.29, 1.82) is 0 Å². The van der Waals surface area contributed by atoms with Gasteiger partial charge in [0.15, 0.2) is 0 Å². The van der Waals surface area contributed by atoms with Gasteiger partial charge in [-0.05, 0) is 25.0 Å². The normalized spacial score (nSPS) is 29.9. The van der Waals surface area contributed by atoms with Gasteiger partial charge >= 0.3 is 0 Å². The Balaban J connectivity index is 2.11. The van der Waals surface area contributed by atoms with Crippen molar-refractivity contribution in [2.24, 2.45) is 0 Å². The van der Waals surface area contributed by atoms with Gasteiger partial charge in [-0.1, -0.05) is 35.2 Å². The van der Waals surface area contributed by atoms with Gasteiger partial charge in [-0.15, -0.1) is 0 Å². The molecule has 0 saturated heterocycles. The lowest BCUT2D eigenvalue weighted by Gasteiger charge is -2.18. The summed E-state index contributed by atoms with van der Waals surface area (Å²) in [5, 5.41) is 0. The number of aromatic nitrogens is 1. The van der Waals surface area contributed by atoms with Crippen LogP contribution in [0.15, 0.2) is 18.3 Å². The molecule has 1 heterocycles. The van der Waals surface area contributed by atoms with Gasteiger partial charge in [0.2, 0.25) is 0 Å². The maximum absolute atomic E-state index is 3.81. The molecule has 0 bridgehead atoms. The smallest absolute Gasteiger partial charge is 0.0228 e. The van der Waals surface area contributed by atoms with E-state index in [0.29, 0.717) is 10.7 Å². The summed E-state index contributed by atoms with van der Waals surface area (Å²) in [4.78, 5) is 4.01. The molecular weight excluding hydrogens is 226 g/mol. The lowest BCUT2D eigenvalue weighted by atomic mass is 9.97. The second kappa shape index (κ2) is 4.32. The van der Waals surface area contributed by atoms with E-state index in [1.165, 1.54) is 37.8 Å². The third kappa shape index (κ3) is 2.16. The third-order valence-electron chi connectivity index (χ3n) is 2.95. The first kappa shape index (κ1) is 9.32. The Morgan fingerprint density at radius 1 is 1.23 bits per heavy atom. The second-order valence-electron chi connectivity index (χ2n) is 3.89. The van der Waals surface area contributed by atoms with Crippen LogP contribution in [0.25, 0.3) is 0 Å². The van der Waals surface area contributed by atoms with Crippen molar-refractivity contribution in [3.8, 4) is 0 Å². The molecular formula is C11H16BrN. The maximum Gasteiger partial charge on any atom is 0.0228 e. The van der Waals surface area contributed by atoms with E-state index in [0.717, 1.165) is 0 Å². The summed E-state index contributed by atoms with van der Waals surface area (Å²) in [6, 6.07) is 4.31. The molecule has 0 amide bonds. The number of halogens is 1. The molecule has 13 heavy (non-hydrogen) atoms. The topological polar surface area (TPSA) is 15.8 Å². The van der Waals surface area contributed by atoms with Crippen LogP contribution in [-0.2, 0) is 0 Å². The van der Waals surface area contributed by atoms with Gasteiger partial charge in [0, 0.05) is 22.6 Å². The highest BCUT2D eigenvalue weighted by Crippen LogP contribution is 2.35. The van der Waals surface area contributed by atoms with Crippen molar-refractivity contribution in [2.75, 3.05) is 0 Å². The van der Waals surface area contributed by atoms with Gasteiger partial charge in [-0.25, -0.2) is 0 Å². The number of alkyl halides is 1. The highest BCUT2D eigenvalue weighted by atomic mass is 79.9. The number of hydrogen-bond donors (Lipinski definition) is 1. The van der Waals surface area contributed by atoms with Gasteiger partial charge < -0.3 is 4.98 Å². The van der Waals surface area contributed by atoms with E-state index in [1.807, 2.05) is 6.20 Å². The number of hydrogen-bond acceptors (Lipinski definition) is 0. The fraction of sp³-hybridized carbons (Fsp3) is 0.636. The summed E-state index contributed by atoms with van der Waals surface area (Å²) in [5.74, 6) is 0.706. The Labute approximate surface area is 88.1 Å². The van der Waals surface area contributed by atoms with E-state index in [9.17, 15) is 0 Å².